The Balaban J connectivity index is 1.95. The lowest BCUT2D eigenvalue weighted by atomic mass is 9.56. The van der Waals surface area contributed by atoms with E-state index in [1.165, 1.54) is 64.5 Å². The van der Waals surface area contributed by atoms with Gasteiger partial charge in [-0.2, -0.15) is 0 Å². The van der Waals surface area contributed by atoms with Gasteiger partial charge >= 0.3 is 0 Å². The second-order valence-corrected chi connectivity index (χ2v) is 6.11. The Hall–Kier alpha value is -0.300. The van der Waals surface area contributed by atoms with E-state index in [-0.39, 0.29) is 0 Å². The fraction of sp³-hybridized carbons (Fsp3) is 0.875. The fourth-order valence-electron chi connectivity index (χ4n) is 3.68. The van der Waals surface area contributed by atoms with Crippen molar-refractivity contribution in [3.05, 3.63) is 11.6 Å². The molecular formula is C16H29N. The number of hydrogen-bond donors (Lipinski definition) is 1. The van der Waals surface area contributed by atoms with Crippen molar-refractivity contribution >= 4 is 0 Å². The summed E-state index contributed by atoms with van der Waals surface area (Å²) in [6.07, 6.45) is 13.7. The maximum absolute atomic E-state index is 3.68. The second-order valence-electron chi connectivity index (χ2n) is 6.11. The van der Waals surface area contributed by atoms with Crippen molar-refractivity contribution in [3.63, 3.8) is 0 Å². The van der Waals surface area contributed by atoms with Crippen molar-refractivity contribution in [2.24, 2.45) is 11.3 Å². The number of nitrogens with one attached hydrogen (secondary N) is 1. The van der Waals surface area contributed by atoms with Gasteiger partial charge in [0, 0.05) is 12.0 Å². The van der Waals surface area contributed by atoms with Crippen molar-refractivity contribution in [2.75, 3.05) is 13.1 Å². The van der Waals surface area contributed by atoms with Crippen LogP contribution in [0.1, 0.15) is 65.2 Å². The molecule has 0 radical (unpaired) electrons. The molecule has 0 aromatic carbocycles. The van der Waals surface area contributed by atoms with Gasteiger partial charge in [0.1, 0.15) is 0 Å². The topological polar surface area (TPSA) is 12.0 Å². The summed E-state index contributed by atoms with van der Waals surface area (Å²) >= 11 is 0. The van der Waals surface area contributed by atoms with Gasteiger partial charge in [0.05, 0.1) is 0 Å². The zero-order chi connectivity index (χ0) is 12.1. The Morgan fingerprint density at radius 2 is 2.12 bits per heavy atom. The van der Waals surface area contributed by atoms with E-state index in [0.717, 1.165) is 5.92 Å². The summed E-state index contributed by atoms with van der Waals surface area (Å²) in [4.78, 5) is 0. The number of allylic oxidation sites excluding steroid dienone is 1. The van der Waals surface area contributed by atoms with Crippen molar-refractivity contribution < 1.29 is 0 Å². The predicted molar refractivity (Wildman–Crippen MR) is 75.2 cm³/mol. The van der Waals surface area contributed by atoms with Crippen LogP contribution in [-0.2, 0) is 0 Å². The molecule has 0 aromatic heterocycles. The first-order valence-corrected chi connectivity index (χ1v) is 7.71. The molecule has 1 N–H and O–H groups in total. The Bertz CT molecular complexity index is 261. The molecule has 98 valence electrons. The molecule has 1 heteroatoms. The quantitative estimate of drug-likeness (QED) is 0.535. The predicted octanol–water partition coefficient (Wildman–Crippen LogP) is 4.29. The molecule has 2 rings (SSSR count). The van der Waals surface area contributed by atoms with Gasteiger partial charge in [-0.3, -0.25) is 0 Å². The van der Waals surface area contributed by atoms with E-state index in [1.54, 1.807) is 5.57 Å². The normalized spacial score (nSPS) is 33.1. The average Bonchev–Trinajstić information content (AvgIpc) is 2.33. The van der Waals surface area contributed by atoms with Crippen LogP contribution >= 0.6 is 0 Å². The van der Waals surface area contributed by atoms with Crippen LogP contribution in [0.4, 0.5) is 0 Å². The molecule has 17 heavy (non-hydrogen) atoms. The summed E-state index contributed by atoms with van der Waals surface area (Å²) in [6.45, 7) is 7.04. The van der Waals surface area contributed by atoms with Crippen molar-refractivity contribution in [2.45, 2.75) is 65.2 Å². The summed E-state index contributed by atoms with van der Waals surface area (Å²) in [6, 6.07) is 0. The fourth-order valence-corrected chi connectivity index (χ4v) is 3.68. The van der Waals surface area contributed by atoms with Gasteiger partial charge in [0.15, 0.2) is 0 Å². The zero-order valence-corrected chi connectivity index (χ0v) is 11.7. The molecule has 1 fully saturated rings. The maximum Gasteiger partial charge on any atom is 0.00454 e. The van der Waals surface area contributed by atoms with Crippen LogP contribution in [0.3, 0.4) is 0 Å². The van der Waals surface area contributed by atoms with E-state index in [0.29, 0.717) is 5.41 Å². The largest absolute Gasteiger partial charge is 0.316 e. The highest BCUT2D eigenvalue weighted by molar-refractivity contribution is 5.22. The van der Waals surface area contributed by atoms with E-state index in [4.69, 9.17) is 0 Å². The molecule has 0 heterocycles. The SMILES string of the molecule is CCCNCC1(C2=CCCCC2)CC(CC)C1. The van der Waals surface area contributed by atoms with Crippen LogP contribution in [0.5, 0.6) is 0 Å². The van der Waals surface area contributed by atoms with Crippen LogP contribution in [0, 0.1) is 11.3 Å². The first-order chi connectivity index (χ1) is 8.30. The van der Waals surface area contributed by atoms with Gasteiger partial charge < -0.3 is 5.32 Å². The van der Waals surface area contributed by atoms with Gasteiger partial charge in [-0.05, 0) is 57.4 Å². The molecule has 0 amide bonds. The Labute approximate surface area is 107 Å². The Morgan fingerprint density at radius 1 is 1.29 bits per heavy atom. The van der Waals surface area contributed by atoms with Gasteiger partial charge in [0.2, 0.25) is 0 Å². The van der Waals surface area contributed by atoms with Crippen LogP contribution in [0.25, 0.3) is 0 Å². The molecule has 0 aliphatic heterocycles. The lowest BCUT2D eigenvalue weighted by Crippen LogP contribution is -2.46. The standard InChI is InChI=1S/C16H29N/c1-3-10-17-13-16(11-14(4-2)12-16)15-8-6-5-7-9-15/h8,14,17H,3-7,9-13H2,1-2H3. The minimum absolute atomic E-state index is 0.566. The highest BCUT2D eigenvalue weighted by Crippen LogP contribution is 2.53. The summed E-state index contributed by atoms with van der Waals surface area (Å²) in [5.74, 6) is 1.00. The van der Waals surface area contributed by atoms with E-state index < -0.39 is 0 Å². The highest BCUT2D eigenvalue weighted by Gasteiger charge is 2.45. The molecule has 0 spiro atoms. The molecule has 0 unspecified atom stereocenters. The minimum Gasteiger partial charge on any atom is -0.316 e. The number of rotatable bonds is 6. The lowest BCUT2D eigenvalue weighted by Gasteiger charge is -2.50. The summed E-state index contributed by atoms with van der Waals surface area (Å²) in [5, 5.41) is 3.68. The molecule has 1 saturated carbocycles. The molecule has 2 aliphatic rings. The smallest absolute Gasteiger partial charge is 0.00454 e. The van der Waals surface area contributed by atoms with Crippen LogP contribution < -0.4 is 5.32 Å². The third kappa shape index (κ3) is 2.93. The summed E-state index contributed by atoms with van der Waals surface area (Å²) in [5.41, 5.74) is 2.37. The van der Waals surface area contributed by atoms with Crippen LogP contribution in [0.2, 0.25) is 0 Å². The van der Waals surface area contributed by atoms with Crippen LogP contribution in [-0.4, -0.2) is 13.1 Å². The number of hydrogen-bond acceptors (Lipinski definition) is 1. The van der Waals surface area contributed by atoms with E-state index in [9.17, 15) is 0 Å². The van der Waals surface area contributed by atoms with Crippen molar-refractivity contribution in [3.8, 4) is 0 Å². The third-order valence-corrected chi connectivity index (χ3v) is 4.80. The highest BCUT2D eigenvalue weighted by atomic mass is 14.9. The zero-order valence-electron chi connectivity index (χ0n) is 11.7. The molecule has 0 saturated heterocycles. The van der Waals surface area contributed by atoms with Gasteiger partial charge in [0.25, 0.3) is 0 Å². The first-order valence-electron chi connectivity index (χ1n) is 7.71. The molecule has 1 nitrogen and oxygen atoms in total. The molecule has 0 aromatic rings. The average molecular weight is 235 g/mol. The minimum atomic E-state index is 0.566. The van der Waals surface area contributed by atoms with Crippen molar-refractivity contribution in [1.29, 1.82) is 0 Å². The molecule has 0 bridgehead atoms. The van der Waals surface area contributed by atoms with E-state index in [2.05, 4.69) is 25.2 Å². The first kappa shape index (κ1) is 13.1. The Morgan fingerprint density at radius 3 is 2.71 bits per heavy atom. The van der Waals surface area contributed by atoms with Gasteiger partial charge in [-0.15, -0.1) is 0 Å². The lowest BCUT2D eigenvalue weighted by molar-refractivity contribution is 0.0848. The maximum atomic E-state index is 3.68. The Kier molecular flexibility index (Phi) is 4.67. The molecule has 2 aliphatic carbocycles. The molecule has 0 atom stereocenters. The second kappa shape index (κ2) is 6.04. The monoisotopic (exact) mass is 235 g/mol. The van der Waals surface area contributed by atoms with E-state index in [1.807, 2.05) is 0 Å². The third-order valence-electron chi connectivity index (χ3n) is 4.80. The van der Waals surface area contributed by atoms with E-state index >= 15 is 0 Å². The van der Waals surface area contributed by atoms with Crippen molar-refractivity contribution in [1.82, 2.24) is 5.32 Å². The van der Waals surface area contributed by atoms with Gasteiger partial charge in [-0.1, -0.05) is 31.9 Å². The summed E-state index contributed by atoms with van der Waals surface area (Å²) in [7, 11) is 0. The summed E-state index contributed by atoms with van der Waals surface area (Å²) < 4.78 is 0. The van der Waals surface area contributed by atoms with Gasteiger partial charge in [-0.25, -0.2) is 0 Å². The van der Waals surface area contributed by atoms with Crippen LogP contribution in [0.15, 0.2) is 11.6 Å². The molecular weight excluding hydrogens is 206 g/mol.